The number of alkyl halides is 3. The van der Waals surface area contributed by atoms with E-state index in [4.69, 9.17) is 5.73 Å². The first-order valence-corrected chi connectivity index (χ1v) is 8.03. The van der Waals surface area contributed by atoms with Crippen LogP contribution in [0.5, 0.6) is 0 Å². The zero-order chi connectivity index (χ0) is 19.9. The van der Waals surface area contributed by atoms with Gasteiger partial charge in [-0.15, -0.1) is 0 Å². The Bertz CT molecular complexity index is 1050. The molecule has 27 heavy (non-hydrogen) atoms. The van der Waals surface area contributed by atoms with Crippen molar-refractivity contribution >= 4 is 22.3 Å². The summed E-state index contributed by atoms with van der Waals surface area (Å²) in [5, 5.41) is 0.116. The second-order valence-electron chi connectivity index (χ2n) is 6.45. The third-order valence-corrected chi connectivity index (χ3v) is 4.29. The van der Waals surface area contributed by atoms with Gasteiger partial charge >= 0.3 is 6.18 Å². The lowest BCUT2D eigenvalue weighted by Crippen LogP contribution is -2.17. The van der Waals surface area contributed by atoms with Gasteiger partial charge in [-0.3, -0.25) is 4.79 Å². The van der Waals surface area contributed by atoms with Gasteiger partial charge in [-0.05, 0) is 29.8 Å². The van der Waals surface area contributed by atoms with Gasteiger partial charge in [0.1, 0.15) is 5.82 Å². The minimum Gasteiger partial charge on any atom is -0.394 e. The monoisotopic (exact) mass is 379 g/mol. The molecule has 1 aromatic heterocycles. The third kappa shape index (κ3) is 3.60. The van der Waals surface area contributed by atoms with Crippen LogP contribution in [0.2, 0.25) is 0 Å². The Morgan fingerprint density at radius 2 is 1.74 bits per heavy atom. The molecule has 0 aliphatic rings. The SMILES string of the molecule is CN(C)c1cc2c(cc1F)c(=O)c(N)cn2Cc1ccc(C(F)(F)F)cc1. The Kier molecular flexibility index (Phi) is 4.59. The van der Waals surface area contributed by atoms with Crippen LogP contribution in [0.3, 0.4) is 0 Å². The van der Waals surface area contributed by atoms with Crippen molar-refractivity contribution in [1.82, 2.24) is 4.57 Å². The molecule has 0 saturated heterocycles. The van der Waals surface area contributed by atoms with Gasteiger partial charge in [0.25, 0.3) is 0 Å². The summed E-state index contributed by atoms with van der Waals surface area (Å²) in [5.74, 6) is -0.559. The molecule has 0 fully saturated rings. The van der Waals surface area contributed by atoms with E-state index in [0.29, 0.717) is 11.1 Å². The topological polar surface area (TPSA) is 51.3 Å². The van der Waals surface area contributed by atoms with Crippen LogP contribution in [0.25, 0.3) is 10.9 Å². The number of hydrogen-bond acceptors (Lipinski definition) is 3. The van der Waals surface area contributed by atoms with E-state index in [1.807, 2.05) is 0 Å². The molecule has 1 heterocycles. The number of nitrogens with two attached hydrogens (primary N) is 1. The first-order chi connectivity index (χ1) is 12.6. The molecule has 0 aliphatic heterocycles. The number of pyridine rings is 1. The summed E-state index contributed by atoms with van der Waals surface area (Å²) in [7, 11) is 3.33. The molecule has 0 saturated carbocycles. The minimum absolute atomic E-state index is 0.0635. The highest BCUT2D eigenvalue weighted by atomic mass is 19.4. The van der Waals surface area contributed by atoms with E-state index in [1.165, 1.54) is 24.4 Å². The van der Waals surface area contributed by atoms with Crippen LogP contribution < -0.4 is 16.1 Å². The molecule has 8 heteroatoms. The summed E-state index contributed by atoms with van der Waals surface area (Å²) in [6.45, 7) is 0.178. The van der Waals surface area contributed by atoms with Gasteiger partial charge in [-0.25, -0.2) is 4.39 Å². The number of halogens is 4. The lowest BCUT2D eigenvalue weighted by atomic mass is 10.1. The molecule has 4 nitrogen and oxygen atoms in total. The van der Waals surface area contributed by atoms with Gasteiger partial charge in [0, 0.05) is 26.8 Å². The standard InChI is InChI=1S/C19H17F4N3O/c1-25(2)17-8-16-13(7-14(17)20)18(27)15(24)10-26(16)9-11-3-5-12(6-4-11)19(21,22)23/h3-8,10H,9,24H2,1-2H3. The van der Waals surface area contributed by atoms with Gasteiger partial charge in [0.15, 0.2) is 0 Å². The van der Waals surface area contributed by atoms with E-state index in [2.05, 4.69) is 0 Å². The van der Waals surface area contributed by atoms with E-state index in [-0.39, 0.29) is 23.3 Å². The van der Waals surface area contributed by atoms with E-state index in [9.17, 15) is 22.4 Å². The molecule has 142 valence electrons. The van der Waals surface area contributed by atoms with Crippen LogP contribution in [-0.2, 0) is 12.7 Å². The highest BCUT2D eigenvalue weighted by Crippen LogP contribution is 2.29. The van der Waals surface area contributed by atoms with Crippen molar-refractivity contribution < 1.29 is 17.6 Å². The molecular weight excluding hydrogens is 362 g/mol. The summed E-state index contributed by atoms with van der Waals surface area (Å²) in [6.07, 6.45) is -3.00. The normalized spacial score (nSPS) is 11.8. The second-order valence-corrected chi connectivity index (χ2v) is 6.45. The highest BCUT2D eigenvalue weighted by Gasteiger charge is 2.29. The summed E-state index contributed by atoms with van der Waals surface area (Å²) in [4.78, 5) is 13.8. The van der Waals surface area contributed by atoms with Crippen LogP contribution in [0.1, 0.15) is 11.1 Å². The fraction of sp³-hybridized carbons (Fsp3) is 0.211. The van der Waals surface area contributed by atoms with Gasteiger partial charge < -0.3 is 15.2 Å². The molecule has 2 N–H and O–H groups in total. The molecule has 0 unspecified atom stereocenters. The van der Waals surface area contributed by atoms with Gasteiger partial charge in [0.05, 0.1) is 27.8 Å². The maximum atomic E-state index is 14.3. The molecule has 0 amide bonds. The zero-order valence-corrected chi connectivity index (χ0v) is 14.6. The summed E-state index contributed by atoms with van der Waals surface area (Å²) >= 11 is 0. The van der Waals surface area contributed by atoms with Crippen molar-refractivity contribution in [2.45, 2.75) is 12.7 Å². The average Bonchev–Trinajstić information content (AvgIpc) is 2.58. The van der Waals surface area contributed by atoms with Crippen molar-refractivity contribution in [3.63, 3.8) is 0 Å². The lowest BCUT2D eigenvalue weighted by molar-refractivity contribution is -0.137. The molecule has 3 rings (SSSR count). The largest absolute Gasteiger partial charge is 0.416 e. The van der Waals surface area contributed by atoms with Crippen LogP contribution >= 0.6 is 0 Å². The van der Waals surface area contributed by atoms with Crippen LogP contribution in [0.15, 0.2) is 47.4 Å². The van der Waals surface area contributed by atoms with E-state index < -0.39 is 23.0 Å². The van der Waals surface area contributed by atoms with Crippen molar-refractivity contribution in [1.29, 1.82) is 0 Å². The Morgan fingerprint density at radius 3 is 2.30 bits per heavy atom. The minimum atomic E-state index is -4.41. The molecule has 0 spiro atoms. The maximum Gasteiger partial charge on any atom is 0.416 e. The summed E-state index contributed by atoms with van der Waals surface area (Å²) in [6, 6.07) is 7.36. The maximum absolute atomic E-state index is 14.3. The number of aromatic nitrogens is 1. The number of rotatable bonds is 3. The number of nitrogens with zero attached hydrogens (tertiary/aromatic N) is 2. The molecule has 2 aromatic carbocycles. The average molecular weight is 379 g/mol. The van der Waals surface area contributed by atoms with Crippen molar-refractivity contribution in [3.8, 4) is 0 Å². The van der Waals surface area contributed by atoms with Crippen LogP contribution in [-0.4, -0.2) is 18.7 Å². The summed E-state index contributed by atoms with van der Waals surface area (Å²) in [5.41, 5.74) is 5.77. The first-order valence-electron chi connectivity index (χ1n) is 8.03. The number of hydrogen-bond donors (Lipinski definition) is 1. The summed E-state index contributed by atoms with van der Waals surface area (Å²) < 4.78 is 54.0. The number of nitrogen functional groups attached to an aromatic ring is 1. The van der Waals surface area contributed by atoms with Crippen LogP contribution in [0.4, 0.5) is 28.9 Å². The van der Waals surface area contributed by atoms with Crippen LogP contribution in [0, 0.1) is 5.82 Å². The number of anilines is 2. The molecule has 0 aliphatic carbocycles. The van der Waals surface area contributed by atoms with Gasteiger partial charge in [-0.2, -0.15) is 13.2 Å². The molecule has 0 radical (unpaired) electrons. The van der Waals surface area contributed by atoms with E-state index in [0.717, 1.165) is 18.2 Å². The Morgan fingerprint density at radius 1 is 1.11 bits per heavy atom. The molecular formula is C19H17F4N3O. The van der Waals surface area contributed by atoms with Gasteiger partial charge in [0.2, 0.25) is 5.43 Å². The zero-order valence-electron chi connectivity index (χ0n) is 14.6. The highest BCUT2D eigenvalue weighted by molar-refractivity contribution is 5.85. The predicted octanol–water partition coefficient (Wildman–Crippen LogP) is 3.86. The van der Waals surface area contributed by atoms with Crippen molar-refractivity contribution in [2.75, 3.05) is 24.7 Å². The molecule has 3 aromatic rings. The van der Waals surface area contributed by atoms with Crippen molar-refractivity contribution in [2.24, 2.45) is 0 Å². The fourth-order valence-corrected chi connectivity index (χ4v) is 2.89. The number of fused-ring (bicyclic) bond motifs is 1. The predicted molar refractivity (Wildman–Crippen MR) is 97.5 cm³/mol. The van der Waals surface area contributed by atoms with E-state index in [1.54, 1.807) is 23.6 Å². The second kappa shape index (κ2) is 6.61. The number of benzene rings is 2. The van der Waals surface area contributed by atoms with Crippen molar-refractivity contribution in [3.05, 3.63) is 69.8 Å². The lowest BCUT2D eigenvalue weighted by Gasteiger charge is -2.18. The Labute approximate surface area is 152 Å². The Hall–Kier alpha value is -3.03. The van der Waals surface area contributed by atoms with Gasteiger partial charge in [-0.1, -0.05) is 12.1 Å². The molecule has 0 atom stereocenters. The smallest absolute Gasteiger partial charge is 0.394 e. The fourth-order valence-electron chi connectivity index (χ4n) is 2.89. The van der Waals surface area contributed by atoms with E-state index >= 15 is 0 Å². The quantitative estimate of drug-likeness (QED) is 0.704. The Balaban J connectivity index is 2.12. The third-order valence-electron chi connectivity index (χ3n) is 4.29. The molecule has 0 bridgehead atoms. The first kappa shape index (κ1) is 18.8.